The first-order valence-corrected chi connectivity index (χ1v) is 9.54. The molecular formula is C16H18FN3O2S. The normalized spacial score (nSPS) is 22.7. The number of aromatic nitrogens is 2. The molecule has 2 aliphatic rings. The molecule has 0 bridgehead atoms. The fourth-order valence-electron chi connectivity index (χ4n) is 3.69. The van der Waals surface area contributed by atoms with Crippen LogP contribution in [0, 0.1) is 5.82 Å². The predicted molar refractivity (Wildman–Crippen MR) is 86.7 cm³/mol. The van der Waals surface area contributed by atoms with E-state index in [0.717, 1.165) is 19.3 Å². The molecule has 1 aliphatic heterocycles. The second-order valence-corrected chi connectivity index (χ2v) is 8.93. The molecule has 2 aromatic rings. The smallest absolute Gasteiger partial charge is 0.157 e. The van der Waals surface area contributed by atoms with Crippen LogP contribution >= 0.6 is 0 Å². The number of hydrogen-bond donors (Lipinski definition) is 0. The molecule has 1 aromatic carbocycles. The lowest BCUT2D eigenvalue weighted by Crippen LogP contribution is -2.46. The van der Waals surface area contributed by atoms with E-state index in [9.17, 15) is 12.8 Å². The summed E-state index contributed by atoms with van der Waals surface area (Å²) in [4.78, 5) is 10.3. The zero-order valence-corrected chi connectivity index (χ0v) is 13.5. The van der Waals surface area contributed by atoms with E-state index in [4.69, 9.17) is 0 Å². The Bertz CT molecular complexity index is 865. The highest BCUT2D eigenvalue weighted by molar-refractivity contribution is 7.92. The molecule has 1 saturated carbocycles. The van der Waals surface area contributed by atoms with Crippen LogP contribution in [-0.2, 0) is 9.84 Å². The molecule has 0 radical (unpaired) electrons. The van der Waals surface area contributed by atoms with Crippen molar-refractivity contribution in [1.29, 1.82) is 0 Å². The minimum absolute atomic E-state index is 0.133. The predicted octanol–water partition coefficient (Wildman–Crippen LogP) is 2.32. The van der Waals surface area contributed by atoms with E-state index < -0.39 is 14.6 Å². The number of halogens is 1. The minimum atomic E-state index is -3.08. The second-order valence-electron chi connectivity index (χ2n) is 6.43. The van der Waals surface area contributed by atoms with Crippen molar-refractivity contribution in [1.82, 2.24) is 9.97 Å². The Hall–Kier alpha value is -1.76. The van der Waals surface area contributed by atoms with Crippen molar-refractivity contribution in [2.75, 3.05) is 23.7 Å². The molecule has 5 nitrogen and oxygen atoms in total. The van der Waals surface area contributed by atoms with Gasteiger partial charge in [-0.3, -0.25) is 0 Å². The number of fused-ring (bicyclic) bond motifs is 1. The van der Waals surface area contributed by atoms with Crippen LogP contribution in [0.1, 0.15) is 25.7 Å². The lowest BCUT2D eigenvalue weighted by atomic mass is 9.81. The number of hydrogen-bond acceptors (Lipinski definition) is 5. The van der Waals surface area contributed by atoms with Crippen molar-refractivity contribution in [2.24, 2.45) is 0 Å². The molecule has 7 heteroatoms. The molecule has 122 valence electrons. The number of para-hydroxylation sites is 1. The highest BCUT2D eigenvalue weighted by atomic mass is 32.2. The van der Waals surface area contributed by atoms with Gasteiger partial charge in [0.05, 0.1) is 10.5 Å². The lowest BCUT2D eigenvalue weighted by Gasteiger charge is -2.40. The molecule has 0 N–H and O–H groups in total. The summed E-state index contributed by atoms with van der Waals surface area (Å²) in [6.45, 7) is 1.02. The molecule has 4 rings (SSSR count). The number of rotatable bonds is 1. The molecule has 0 atom stereocenters. The number of benzene rings is 1. The van der Waals surface area contributed by atoms with E-state index in [2.05, 4.69) is 9.97 Å². The molecule has 1 aromatic heterocycles. The Kier molecular flexibility index (Phi) is 3.30. The third kappa shape index (κ3) is 2.21. The van der Waals surface area contributed by atoms with Gasteiger partial charge in [0, 0.05) is 18.5 Å². The monoisotopic (exact) mass is 335 g/mol. The lowest BCUT2D eigenvalue weighted by molar-refractivity contribution is 0.324. The Labute approximate surface area is 134 Å². The highest BCUT2D eigenvalue weighted by Crippen LogP contribution is 2.44. The zero-order chi connectivity index (χ0) is 16.1. The van der Waals surface area contributed by atoms with Gasteiger partial charge in [-0.15, -0.1) is 0 Å². The van der Waals surface area contributed by atoms with Crippen molar-refractivity contribution in [3.05, 3.63) is 30.3 Å². The number of sulfone groups is 1. The molecule has 1 saturated heterocycles. The fourth-order valence-corrected chi connectivity index (χ4v) is 5.89. The van der Waals surface area contributed by atoms with Gasteiger partial charge in [0.25, 0.3) is 0 Å². The van der Waals surface area contributed by atoms with Crippen molar-refractivity contribution in [2.45, 2.75) is 30.4 Å². The maximum Gasteiger partial charge on any atom is 0.157 e. The van der Waals surface area contributed by atoms with Gasteiger partial charge in [0.1, 0.15) is 23.5 Å². The quantitative estimate of drug-likeness (QED) is 0.800. The van der Waals surface area contributed by atoms with E-state index >= 15 is 0 Å². The average Bonchev–Trinajstić information content (AvgIpc) is 2.63. The molecule has 0 unspecified atom stereocenters. The summed E-state index contributed by atoms with van der Waals surface area (Å²) < 4.78 is 38.5. The third-order valence-corrected chi connectivity index (χ3v) is 7.94. The molecule has 1 aliphatic carbocycles. The van der Waals surface area contributed by atoms with Gasteiger partial charge in [0.2, 0.25) is 0 Å². The number of anilines is 1. The van der Waals surface area contributed by atoms with Crippen molar-refractivity contribution in [3.8, 4) is 0 Å². The van der Waals surface area contributed by atoms with Gasteiger partial charge in [0.15, 0.2) is 9.84 Å². The maximum atomic E-state index is 13.9. The summed E-state index contributed by atoms with van der Waals surface area (Å²) in [5, 5.41) is 0.634. The van der Waals surface area contributed by atoms with E-state index in [-0.39, 0.29) is 17.1 Å². The maximum absolute atomic E-state index is 13.9. The van der Waals surface area contributed by atoms with Crippen LogP contribution in [0.2, 0.25) is 0 Å². The fraction of sp³-hybridized carbons (Fsp3) is 0.500. The molecule has 1 spiro atoms. The average molecular weight is 335 g/mol. The Morgan fingerprint density at radius 1 is 1.13 bits per heavy atom. The first-order valence-electron chi connectivity index (χ1n) is 7.89. The van der Waals surface area contributed by atoms with Crippen LogP contribution in [0.5, 0.6) is 0 Å². The van der Waals surface area contributed by atoms with Crippen molar-refractivity contribution < 1.29 is 12.8 Å². The Morgan fingerprint density at radius 2 is 1.96 bits per heavy atom. The summed E-state index contributed by atoms with van der Waals surface area (Å²) in [5.41, 5.74) is 0.281. The molecule has 2 heterocycles. The minimum Gasteiger partial charge on any atom is -0.355 e. The van der Waals surface area contributed by atoms with Gasteiger partial charge in [-0.2, -0.15) is 0 Å². The highest BCUT2D eigenvalue weighted by Gasteiger charge is 2.49. The largest absolute Gasteiger partial charge is 0.355 e. The molecular weight excluding hydrogens is 317 g/mol. The number of nitrogens with zero attached hydrogens (tertiary/aromatic N) is 3. The Balaban J connectivity index is 1.74. The zero-order valence-electron chi connectivity index (χ0n) is 12.7. The standard InChI is InChI=1S/C16H18FN3O2S/c17-13-4-1-3-12-14(13)18-11-19-15(12)20-8-7-16(5-2-6-16)23(21,22)10-9-20/h1,3-4,11H,2,5-10H2. The van der Waals surface area contributed by atoms with Crippen LogP contribution in [-0.4, -0.2) is 42.0 Å². The molecule has 2 fully saturated rings. The van der Waals surface area contributed by atoms with Gasteiger partial charge in [-0.05, 0) is 31.4 Å². The van der Waals surface area contributed by atoms with E-state index in [1.807, 2.05) is 4.90 Å². The third-order valence-electron chi connectivity index (χ3n) is 5.29. The van der Waals surface area contributed by atoms with Crippen LogP contribution in [0.4, 0.5) is 10.2 Å². The van der Waals surface area contributed by atoms with Crippen molar-refractivity contribution >= 4 is 26.6 Å². The summed E-state index contributed by atoms with van der Waals surface area (Å²) >= 11 is 0. The molecule has 0 amide bonds. The first-order chi connectivity index (χ1) is 11.0. The van der Waals surface area contributed by atoms with Crippen LogP contribution in [0.15, 0.2) is 24.5 Å². The molecule has 23 heavy (non-hydrogen) atoms. The Morgan fingerprint density at radius 3 is 2.70 bits per heavy atom. The summed E-state index contributed by atoms with van der Waals surface area (Å²) in [7, 11) is -3.08. The summed E-state index contributed by atoms with van der Waals surface area (Å²) in [5.74, 6) is 0.374. The second kappa shape index (κ2) is 5.12. The summed E-state index contributed by atoms with van der Waals surface area (Å²) in [6.07, 6.45) is 4.49. The van der Waals surface area contributed by atoms with Crippen molar-refractivity contribution in [3.63, 3.8) is 0 Å². The van der Waals surface area contributed by atoms with E-state index in [1.165, 1.54) is 12.4 Å². The topological polar surface area (TPSA) is 63.2 Å². The van der Waals surface area contributed by atoms with Crippen LogP contribution in [0.25, 0.3) is 10.9 Å². The van der Waals surface area contributed by atoms with Gasteiger partial charge < -0.3 is 4.90 Å². The SMILES string of the molecule is O=S1(=O)CCN(c2ncnc3c(F)cccc23)CCC12CCC2. The van der Waals surface area contributed by atoms with E-state index in [1.54, 1.807) is 12.1 Å². The van der Waals surface area contributed by atoms with Gasteiger partial charge >= 0.3 is 0 Å². The van der Waals surface area contributed by atoms with Crippen LogP contribution < -0.4 is 4.90 Å². The summed E-state index contributed by atoms with van der Waals surface area (Å²) in [6, 6.07) is 4.79. The first kappa shape index (κ1) is 14.8. The van der Waals surface area contributed by atoms with Gasteiger partial charge in [-0.1, -0.05) is 12.5 Å². The van der Waals surface area contributed by atoms with E-state index in [0.29, 0.717) is 30.7 Å². The van der Waals surface area contributed by atoms with Crippen LogP contribution in [0.3, 0.4) is 0 Å². The van der Waals surface area contributed by atoms with Gasteiger partial charge in [-0.25, -0.2) is 22.8 Å².